The zero-order valence-electron chi connectivity index (χ0n) is 23.2. The van der Waals surface area contributed by atoms with Crippen LogP contribution in [0.5, 0.6) is 5.75 Å². The van der Waals surface area contributed by atoms with E-state index in [0.717, 1.165) is 52.8 Å². The molecule has 204 valence electrons. The van der Waals surface area contributed by atoms with Crippen LogP contribution >= 0.6 is 0 Å². The SMILES string of the molecule is CCc1ccccc1N=C(N)c1cnn2cc(-c3cc(F)c(O)cc3C)cc2c1N[C@@H]1CC[C@](C)(N)C1(C)C. The standard InChI is InChI=1S/C31H37FN6O/c1-6-19-9-7-8-10-24(19)36-29(33)22-16-35-38-17-20(21-15-23(32)26(39)13-18(21)2)14-25(38)28(22)37-27-11-12-31(5,34)30(27,3)4/h7-10,13-17,27,37,39H,6,11-12,34H2,1-5H3,(H2,33,36)/t27-,31+/m1/s1. The second kappa shape index (κ2) is 9.68. The lowest BCUT2D eigenvalue weighted by atomic mass is 9.75. The predicted molar refractivity (Wildman–Crippen MR) is 156 cm³/mol. The lowest BCUT2D eigenvalue weighted by Gasteiger charge is -2.39. The van der Waals surface area contributed by atoms with Crippen LogP contribution in [-0.2, 0) is 6.42 Å². The summed E-state index contributed by atoms with van der Waals surface area (Å²) in [7, 11) is 0. The van der Waals surface area contributed by atoms with Gasteiger partial charge in [-0.05, 0) is 74.1 Å². The number of hydrogen-bond acceptors (Lipinski definition) is 5. The molecule has 6 N–H and O–H groups in total. The molecule has 0 saturated heterocycles. The Kier molecular flexibility index (Phi) is 6.63. The zero-order chi connectivity index (χ0) is 28.1. The highest BCUT2D eigenvalue weighted by molar-refractivity contribution is 6.06. The first-order chi connectivity index (χ1) is 18.4. The number of para-hydroxylation sites is 1. The van der Waals surface area contributed by atoms with Gasteiger partial charge in [-0.1, -0.05) is 39.0 Å². The molecule has 2 atom stereocenters. The fourth-order valence-electron chi connectivity index (χ4n) is 5.59. The Morgan fingerprint density at radius 1 is 1.23 bits per heavy atom. The molecule has 4 aromatic rings. The van der Waals surface area contributed by atoms with E-state index < -0.39 is 5.82 Å². The number of benzene rings is 2. The first-order valence-corrected chi connectivity index (χ1v) is 13.4. The molecule has 0 amide bonds. The van der Waals surface area contributed by atoms with Gasteiger partial charge >= 0.3 is 0 Å². The van der Waals surface area contributed by atoms with Crippen molar-refractivity contribution < 1.29 is 9.50 Å². The third-order valence-electron chi connectivity index (χ3n) is 8.75. The highest BCUT2D eigenvalue weighted by Crippen LogP contribution is 2.46. The van der Waals surface area contributed by atoms with Gasteiger partial charge in [-0.3, -0.25) is 0 Å². The molecule has 7 nitrogen and oxygen atoms in total. The van der Waals surface area contributed by atoms with Crippen LogP contribution in [0.15, 0.2) is 59.9 Å². The van der Waals surface area contributed by atoms with Crippen LogP contribution < -0.4 is 16.8 Å². The number of amidine groups is 1. The number of rotatable bonds is 6. The quantitative estimate of drug-likeness (QED) is 0.179. The highest BCUT2D eigenvalue weighted by atomic mass is 19.1. The molecule has 0 aliphatic heterocycles. The van der Waals surface area contributed by atoms with Crippen LogP contribution in [0.1, 0.15) is 57.2 Å². The summed E-state index contributed by atoms with van der Waals surface area (Å²) in [5.74, 6) is -0.680. The molecule has 0 radical (unpaired) electrons. The van der Waals surface area contributed by atoms with Crippen LogP contribution in [0.25, 0.3) is 16.6 Å². The molecule has 0 bridgehead atoms. The van der Waals surface area contributed by atoms with Crippen molar-refractivity contribution in [3.8, 4) is 16.9 Å². The van der Waals surface area contributed by atoms with Crippen molar-refractivity contribution >= 4 is 22.7 Å². The normalized spacial score (nSPS) is 21.0. The van der Waals surface area contributed by atoms with Crippen molar-refractivity contribution in [1.29, 1.82) is 0 Å². The van der Waals surface area contributed by atoms with Crippen molar-refractivity contribution in [2.75, 3.05) is 5.32 Å². The summed E-state index contributed by atoms with van der Waals surface area (Å²) < 4.78 is 16.1. The van der Waals surface area contributed by atoms with Crippen molar-refractivity contribution in [2.45, 2.75) is 65.5 Å². The van der Waals surface area contributed by atoms with Gasteiger partial charge in [0.25, 0.3) is 0 Å². The average Bonchev–Trinajstić information content (AvgIpc) is 3.40. The number of halogens is 1. The van der Waals surface area contributed by atoms with Gasteiger partial charge in [0.2, 0.25) is 0 Å². The summed E-state index contributed by atoms with van der Waals surface area (Å²) >= 11 is 0. The number of fused-ring (bicyclic) bond motifs is 1. The Morgan fingerprint density at radius 2 is 1.97 bits per heavy atom. The minimum Gasteiger partial charge on any atom is -0.505 e. The van der Waals surface area contributed by atoms with Crippen molar-refractivity contribution in [2.24, 2.45) is 21.9 Å². The predicted octanol–water partition coefficient (Wildman–Crippen LogP) is 6.07. The number of aromatic nitrogens is 2. The molecular formula is C31H37FN6O. The molecule has 5 rings (SSSR count). The largest absolute Gasteiger partial charge is 0.505 e. The average molecular weight is 529 g/mol. The smallest absolute Gasteiger partial charge is 0.165 e. The Morgan fingerprint density at radius 3 is 2.67 bits per heavy atom. The van der Waals surface area contributed by atoms with Gasteiger partial charge in [-0.15, -0.1) is 0 Å². The Balaban J connectivity index is 1.68. The van der Waals surface area contributed by atoms with E-state index >= 15 is 0 Å². The summed E-state index contributed by atoms with van der Waals surface area (Å²) in [5, 5.41) is 18.3. The van der Waals surface area contributed by atoms with Gasteiger partial charge < -0.3 is 21.9 Å². The minimum atomic E-state index is -0.668. The molecule has 0 unspecified atom stereocenters. The van der Waals surface area contributed by atoms with Gasteiger partial charge in [0, 0.05) is 28.8 Å². The molecule has 1 fully saturated rings. The van der Waals surface area contributed by atoms with E-state index in [1.807, 2.05) is 43.5 Å². The Labute approximate surface area is 228 Å². The number of aryl methyl sites for hydroxylation is 2. The van der Waals surface area contributed by atoms with Crippen LogP contribution in [-0.4, -0.2) is 32.1 Å². The maximum absolute atomic E-state index is 14.3. The highest BCUT2D eigenvalue weighted by Gasteiger charge is 2.49. The molecule has 39 heavy (non-hydrogen) atoms. The summed E-state index contributed by atoms with van der Waals surface area (Å²) in [6.45, 7) is 10.4. The number of phenols is 1. The summed E-state index contributed by atoms with van der Waals surface area (Å²) in [6, 6.07) is 12.8. The number of nitrogens with zero attached hydrogens (tertiary/aromatic N) is 3. The summed E-state index contributed by atoms with van der Waals surface area (Å²) in [6.07, 6.45) is 6.21. The van der Waals surface area contributed by atoms with Crippen molar-refractivity contribution in [1.82, 2.24) is 9.61 Å². The fourth-order valence-corrected chi connectivity index (χ4v) is 5.59. The second-order valence-electron chi connectivity index (χ2n) is 11.5. The first kappa shape index (κ1) is 26.7. The van der Waals surface area contributed by atoms with E-state index in [9.17, 15) is 9.50 Å². The minimum absolute atomic E-state index is 0.0828. The Bertz CT molecular complexity index is 1590. The van der Waals surface area contributed by atoms with Crippen LogP contribution in [0, 0.1) is 18.2 Å². The maximum atomic E-state index is 14.3. The summed E-state index contributed by atoms with van der Waals surface area (Å²) in [5.41, 5.74) is 19.3. The second-order valence-corrected chi connectivity index (χ2v) is 11.5. The number of nitrogens with two attached hydrogens (primary N) is 2. The number of anilines is 1. The van der Waals surface area contributed by atoms with Crippen molar-refractivity contribution in [3.63, 3.8) is 0 Å². The van der Waals surface area contributed by atoms with E-state index in [1.54, 1.807) is 10.7 Å². The zero-order valence-corrected chi connectivity index (χ0v) is 23.2. The molecule has 0 spiro atoms. The lowest BCUT2D eigenvalue weighted by molar-refractivity contribution is 0.215. The molecule has 1 saturated carbocycles. The molecule has 1 aliphatic carbocycles. The molecule has 2 heterocycles. The topological polar surface area (TPSA) is 114 Å². The Hall–Kier alpha value is -3.91. The molecular weight excluding hydrogens is 491 g/mol. The van der Waals surface area contributed by atoms with E-state index in [-0.39, 0.29) is 22.7 Å². The third-order valence-corrected chi connectivity index (χ3v) is 8.75. The van der Waals surface area contributed by atoms with Gasteiger partial charge in [0.05, 0.1) is 28.7 Å². The van der Waals surface area contributed by atoms with E-state index in [4.69, 9.17) is 16.5 Å². The lowest BCUT2D eigenvalue weighted by Crippen LogP contribution is -2.51. The van der Waals surface area contributed by atoms with Gasteiger partial charge in [0.1, 0.15) is 5.84 Å². The number of aromatic hydroxyl groups is 1. The van der Waals surface area contributed by atoms with Crippen LogP contribution in [0.3, 0.4) is 0 Å². The van der Waals surface area contributed by atoms with Crippen molar-refractivity contribution in [3.05, 3.63) is 77.4 Å². The monoisotopic (exact) mass is 528 g/mol. The van der Waals surface area contributed by atoms with E-state index in [1.165, 1.54) is 12.1 Å². The molecule has 8 heteroatoms. The maximum Gasteiger partial charge on any atom is 0.165 e. The van der Waals surface area contributed by atoms with Gasteiger partial charge in [-0.25, -0.2) is 13.9 Å². The van der Waals surface area contributed by atoms with Crippen LogP contribution in [0.4, 0.5) is 15.8 Å². The van der Waals surface area contributed by atoms with Crippen LogP contribution in [0.2, 0.25) is 0 Å². The number of aliphatic imine (C=N–C) groups is 1. The fraction of sp³-hybridized carbons (Fsp3) is 0.355. The first-order valence-electron chi connectivity index (χ1n) is 13.4. The molecule has 1 aliphatic rings. The number of hydrogen-bond donors (Lipinski definition) is 4. The molecule has 2 aromatic carbocycles. The van der Waals surface area contributed by atoms with E-state index in [0.29, 0.717) is 17.0 Å². The van der Waals surface area contributed by atoms with Gasteiger partial charge in [-0.2, -0.15) is 5.10 Å². The summed E-state index contributed by atoms with van der Waals surface area (Å²) in [4.78, 5) is 4.81. The third kappa shape index (κ3) is 4.63. The number of nitrogens with one attached hydrogen (secondary N) is 1. The van der Waals surface area contributed by atoms with E-state index in [2.05, 4.69) is 38.1 Å². The molecule has 2 aromatic heterocycles. The van der Waals surface area contributed by atoms with Gasteiger partial charge in [0.15, 0.2) is 11.6 Å². The number of phenolic OH excluding ortho intramolecular Hbond substituents is 1.